The highest BCUT2D eigenvalue weighted by atomic mass is 32.1. The summed E-state index contributed by atoms with van der Waals surface area (Å²) in [7, 11) is 0. The van der Waals surface area contributed by atoms with Gasteiger partial charge in [0.05, 0.1) is 5.01 Å². The van der Waals surface area contributed by atoms with E-state index in [0.29, 0.717) is 0 Å². The monoisotopic (exact) mass is 270 g/mol. The number of thiazole rings is 1. The van der Waals surface area contributed by atoms with Crippen LogP contribution in [-0.4, -0.2) is 14.5 Å². The number of nitrogens with one attached hydrogen (secondary N) is 1. The van der Waals surface area contributed by atoms with E-state index in [-0.39, 0.29) is 0 Å². The number of imidazole rings is 1. The summed E-state index contributed by atoms with van der Waals surface area (Å²) in [6.45, 7) is 0.878. The molecule has 2 heterocycles. The predicted octanol–water partition coefficient (Wildman–Crippen LogP) is 3.33. The first-order valence-corrected chi connectivity index (χ1v) is 7.01. The van der Waals surface area contributed by atoms with Gasteiger partial charge in [-0.15, -0.1) is 11.3 Å². The maximum atomic E-state index is 4.35. The minimum atomic E-state index is 0.864. The van der Waals surface area contributed by atoms with Crippen LogP contribution in [0.15, 0.2) is 54.3 Å². The maximum Gasteiger partial charge on any atom is 0.207 e. The minimum Gasteiger partial charge on any atom is -0.326 e. The van der Waals surface area contributed by atoms with Crippen LogP contribution >= 0.6 is 11.3 Å². The van der Waals surface area contributed by atoms with Gasteiger partial charge in [0, 0.05) is 42.6 Å². The first kappa shape index (κ1) is 11.9. The number of nitrogens with zero attached hydrogens (tertiary/aromatic N) is 3. The molecule has 2 aromatic heterocycles. The lowest BCUT2D eigenvalue weighted by Gasteiger charge is -2.08. The summed E-state index contributed by atoms with van der Waals surface area (Å²) in [5.74, 6) is 0.864. The lowest BCUT2D eigenvalue weighted by atomic mass is 10.3. The number of anilines is 2. The van der Waals surface area contributed by atoms with Gasteiger partial charge in [-0.3, -0.25) is 0 Å². The summed E-state index contributed by atoms with van der Waals surface area (Å²) in [4.78, 5) is 8.64. The molecule has 3 aromatic rings. The fraction of sp³-hybridized carbons (Fsp3) is 0.143. The zero-order valence-corrected chi connectivity index (χ0v) is 11.2. The summed E-state index contributed by atoms with van der Waals surface area (Å²) in [5.41, 5.74) is 1.05. The summed E-state index contributed by atoms with van der Waals surface area (Å²) in [6, 6.07) is 10.1. The van der Waals surface area contributed by atoms with E-state index in [1.54, 1.807) is 11.3 Å². The van der Waals surface area contributed by atoms with E-state index < -0.39 is 0 Å². The van der Waals surface area contributed by atoms with Crippen molar-refractivity contribution in [3.8, 4) is 0 Å². The molecule has 0 bridgehead atoms. The average Bonchev–Trinajstić information content (AvgIpc) is 3.09. The van der Waals surface area contributed by atoms with E-state index in [1.807, 2.05) is 54.3 Å². The normalized spacial score (nSPS) is 10.5. The van der Waals surface area contributed by atoms with Crippen molar-refractivity contribution in [2.24, 2.45) is 0 Å². The molecule has 4 nitrogen and oxygen atoms in total. The molecule has 0 saturated heterocycles. The molecular formula is C14H14N4S. The summed E-state index contributed by atoms with van der Waals surface area (Å²) in [6.07, 6.45) is 6.57. The Morgan fingerprint density at radius 1 is 1.11 bits per heavy atom. The molecule has 1 N–H and O–H groups in total. The Balaban J connectivity index is 1.68. The van der Waals surface area contributed by atoms with E-state index in [0.717, 1.165) is 29.6 Å². The zero-order valence-electron chi connectivity index (χ0n) is 10.4. The van der Waals surface area contributed by atoms with Gasteiger partial charge in [0.2, 0.25) is 5.95 Å². The topological polar surface area (TPSA) is 42.7 Å². The van der Waals surface area contributed by atoms with Crippen LogP contribution in [0.25, 0.3) is 0 Å². The minimum absolute atomic E-state index is 0.864. The molecule has 0 atom stereocenters. The smallest absolute Gasteiger partial charge is 0.207 e. The van der Waals surface area contributed by atoms with E-state index in [1.165, 1.54) is 0 Å². The van der Waals surface area contributed by atoms with Crippen LogP contribution in [0.3, 0.4) is 0 Å². The fourth-order valence-corrected chi connectivity index (χ4v) is 2.47. The van der Waals surface area contributed by atoms with Crippen LogP contribution in [-0.2, 0) is 13.0 Å². The summed E-state index contributed by atoms with van der Waals surface area (Å²) in [5, 5.41) is 6.48. The van der Waals surface area contributed by atoms with Gasteiger partial charge in [-0.25, -0.2) is 9.97 Å². The molecule has 0 aliphatic heterocycles. The third kappa shape index (κ3) is 3.00. The van der Waals surface area contributed by atoms with Gasteiger partial charge in [0.15, 0.2) is 0 Å². The van der Waals surface area contributed by atoms with E-state index >= 15 is 0 Å². The Bertz CT molecular complexity index is 616. The SMILES string of the molecule is c1ccc(Nc2nccn2CCc2nccs2)cc1. The van der Waals surface area contributed by atoms with Crippen LogP contribution in [0, 0.1) is 0 Å². The van der Waals surface area contributed by atoms with Crippen molar-refractivity contribution >= 4 is 23.0 Å². The standard InChI is InChI=1S/C14H14N4S/c1-2-4-12(5-3-1)17-14-16-7-10-18(14)9-6-13-15-8-11-19-13/h1-5,7-8,10-11H,6,9H2,(H,16,17). The van der Waals surface area contributed by atoms with Crippen LogP contribution in [0.5, 0.6) is 0 Å². The molecule has 0 amide bonds. The van der Waals surface area contributed by atoms with Crippen molar-refractivity contribution in [3.63, 3.8) is 0 Å². The number of para-hydroxylation sites is 1. The van der Waals surface area contributed by atoms with Crippen molar-refractivity contribution in [1.82, 2.24) is 14.5 Å². The Hall–Kier alpha value is -2.14. The van der Waals surface area contributed by atoms with Gasteiger partial charge in [0.25, 0.3) is 0 Å². The Morgan fingerprint density at radius 3 is 2.79 bits per heavy atom. The number of benzene rings is 1. The molecule has 96 valence electrons. The highest BCUT2D eigenvalue weighted by Crippen LogP contribution is 2.15. The van der Waals surface area contributed by atoms with Gasteiger partial charge < -0.3 is 9.88 Å². The maximum absolute atomic E-state index is 4.35. The molecule has 0 saturated carbocycles. The lowest BCUT2D eigenvalue weighted by molar-refractivity contribution is 0.701. The zero-order chi connectivity index (χ0) is 12.9. The number of aromatic nitrogens is 3. The fourth-order valence-electron chi connectivity index (χ4n) is 1.86. The quantitative estimate of drug-likeness (QED) is 0.773. The predicted molar refractivity (Wildman–Crippen MR) is 77.8 cm³/mol. The van der Waals surface area contributed by atoms with Crippen LogP contribution in [0.2, 0.25) is 0 Å². The highest BCUT2D eigenvalue weighted by molar-refractivity contribution is 7.09. The van der Waals surface area contributed by atoms with Crippen molar-refractivity contribution in [2.45, 2.75) is 13.0 Å². The molecule has 0 aliphatic carbocycles. The lowest BCUT2D eigenvalue weighted by Crippen LogP contribution is -2.05. The van der Waals surface area contributed by atoms with E-state index in [2.05, 4.69) is 19.9 Å². The molecule has 19 heavy (non-hydrogen) atoms. The Labute approximate surface area is 115 Å². The Morgan fingerprint density at radius 2 is 2.00 bits per heavy atom. The van der Waals surface area contributed by atoms with Crippen molar-refractivity contribution in [2.75, 3.05) is 5.32 Å². The van der Waals surface area contributed by atoms with Gasteiger partial charge >= 0.3 is 0 Å². The first-order valence-electron chi connectivity index (χ1n) is 6.13. The van der Waals surface area contributed by atoms with Crippen molar-refractivity contribution in [3.05, 3.63) is 59.3 Å². The molecule has 5 heteroatoms. The van der Waals surface area contributed by atoms with Gasteiger partial charge in [-0.1, -0.05) is 18.2 Å². The third-order valence-corrected chi connectivity index (χ3v) is 3.63. The molecular weight excluding hydrogens is 256 g/mol. The van der Waals surface area contributed by atoms with E-state index in [9.17, 15) is 0 Å². The second-order valence-corrected chi connectivity index (χ2v) is 5.09. The molecule has 0 radical (unpaired) electrons. The number of rotatable bonds is 5. The van der Waals surface area contributed by atoms with Gasteiger partial charge in [-0.2, -0.15) is 0 Å². The summed E-state index contributed by atoms with van der Waals surface area (Å²) >= 11 is 1.69. The molecule has 3 rings (SSSR count). The number of hydrogen-bond acceptors (Lipinski definition) is 4. The number of aryl methyl sites for hydroxylation is 2. The third-order valence-electron chi connectivity index (χ3n) is 2.80. The van der Waals surface area contributed by atoms with Crippen LogP contribution < -0.4 is 5.32 Å². The van der Waals surface area contributed by atoms with Crippen LogP contribution in [0.4, 0.5) is 11.6 Å². The molecule has 1 aromatic carbocycles. The van der Waals surface area contributed by atoms with Gasteiger partial charge in [0.1, 0.15) is 0 Å². The van der Waals surface area contributed by atoms with Crippen molar-refractivity contribution < 1.29 is 0 Å². The first-order chi connectivity index (χ1) is 9.42. The highest BCUT2D eigenvalue weighted by Gasteiger charge is 2.04. The van der Waals surface area contributed by atoms with Crippen molar-refractivity contribution in [1.29, 1.82) is 0 Å². The molecule has 0 aliphatic rings. The Kier molecular flexibility index (Phi) is 3.56. The second kappa shape index (κ2) is 5.67. The van der Waals surface area contributed by atoms with Crippen LogP contribution in [0.1, 0.15) is 5.01 Å². The van der Waals surface area contributed by atoms with Gasteiger partial charge in [-0.05, 0) is 12.1 Å². The largest absolute Gasteiger partial charge is 0.326 e. The number of hydrogen-bond donors (Lipinski definition) is 1. The average molecular weight is 270 g/mol. The summed E-state index contributed by atoms with van der Waals surface area (Å²) < 4.78 is 2.11. The second-order valence-electron chi connectivity index (χ2n) is 4.11. The molecule has 0 unspecified atom stereocenters. The molecule has 0 fully saturated rings. The molecule has 0 spiro atoms. The van der Waals surface area contributed by atoms with E-state index in [4.69, 9.17) is 0 Å².